The van der Waals surface area contributed by atoms with Crippen molar-refractivity contribution in [1.29, 1.82) is 0 Å². The van der Waals surface area contributed by atoms with Gasteiger partial charge in [-0.15, -0.1) is 0 Å². The van der Waals surface area contributed by atoms with Crippen LogP contribution < -0.4 is 5.32 Å². The van der Waals surface area contributed by atoms with E-state index in [2.05, 4.69) is 19.2 Å². The molecular weight excluding hydrogens is 438 g/mol. The number of carboxylic acid groups (broad SMARTS) is 1. The number of nitrogens with one attached hydrogen (secondary N) is 1. The van der Waals surface area contributed by atoms with Gasteiger partial charge in [-0.05, 0) is 68.4 Å². The van der Waals surface area contributed by atoms with Crippen LogP contribution in [0, 0.1) is 12.8 Å². The van der Waals surface area contributed by atoms with Crippen molar-refractivity contribution in [3.05, 3.63) is 59.2 Å². The van der Waals surface area contributed by atoms with E-state index in [1.165, 1.54) is 38.5 Å². The molecule has 1 fully saturated rings. The Morgan fingerprint density at radius 2 is 1.80 bits per heavy atom. The van der Waals surface area contributed by atoms with Gasteiger partial charge in [0.1, 0.15) is 0 Å². The lowest BCUT2D eigenvalue weighted by Crippen LogP contribution is -2.45. The van der Waals surface area contributed by atoms with Gasteiger partial charge in [-0.2, -0.15) is 0 Å². The second kappa shape index (κ2) is 12.7. The topological polar surface area (TPSA) is 78.8 Å². The summed E-state index contributed by atoms with van der Waals surface area (Å²) >= 11 is 0. The third kappa shape index (κ3) is 8.16. The monoisotopic (exact) mass is 481 g/mol. The van der Waals surface area contributed by atoms with Crippen LogP contribution in [0.5, 0.6) is 0 Å². The Labute approximate surface area is 210 Å². The van der Waals surface area contributed by atoms with Crippen molar-refractivity contribution in [2.75, 3.05) is 13.2 Å². The number of rotatable bonds is 11. The molecule has 0 heterocycles. The van der Waals surface area contributed by atoms with Gasteiger partial charge >= 0.3 is 5.97 Å². The molecule has 0 bridgehead atoms. The van der Waals surface area contributed by atoms with Crippen molar-refractivity contribution in [2.45, 2.75) is 90.4 Å². The Morgan fingerprint density at radius 1 is 1.11 bits per heavy atom. The molecular formula is C30H43NO4. The summed E-state index contributed by atoms with van der Waals surface area (Å²) in [4.78, 5) is 11.4. The first-order valence-corrected chi connectivity index (χ1v) is 13.1. The van der Waals surface area contributed by atoms with Gasteiger partial charge in [-0.1, -0.05) is 74.9 Å². The number of carboxylic acids is 1. The van der Waals surface area contributed by atoms with Gasteiger partial charge in [0.05, 0.1) is 24.4 Å². The highest BCUT2D eigenvalue weighted by atomic mass is 16.5. The van der Waals surface area contributed by atoms with E-state index in [0.29, 0.717) is 12.1 Å². The normalized spacial score (nSPS) is 17.1. The third-order valence-electron chi connectivity index (χ3n) is 7.30. The van der Waals surface area contributed by atoms with E-state index in [1.807, 2.05) is 50.2 Å². The zero-order valence-electron chi connectivity index (χ0n) is 21.8. The highest BCUT2D eigenvalue weighted by molar-refractivity contribution is 5.90. The standard InChI is InChI=1S/C30H43NO4/c1-21-17-24(15-16-26(21)29(33)34)28-14-10-9-13-27(28)22(2)35-20-25(32)19-31-30(3,4)18-23-11-7-5-6-8-12-23/h9-10,13-17,22-23,25,31-32H,5-8,11-12,18-20H2,1-4H3,(H,33,34)/t22-,25?/m1/s1. The molecule has 1 aliphatic rings. The first kappa shape index (κ1) is 27.4. The van der Waals surface area contributed by atoms with Crippen LogP contribution in [-0.4, -0.2) is 41.0 Å². The van der Waals surface area contributed by atoms with Crippen molar-refractivity contribution in [2.24, 2.45) is 5.92 Å². The molecule has 0 spiro atoms. The molecule has 35 heavy (non-hydrogen) atoms. The van der Waals surface area contributed by atoms with Crippen LogP contribution >= 0.6 is 0 Å². The maximum absolute atomic E-state index is 11.4. The molecule has 0 amide bonds. The molecule has 192 valence electrons. The summed E-state index contributed by atoms with van der Waals surface area (Å²) in [5, 5.41) is 23.5. The lowest BCUT2D eigenvalue weighted by atomic mass is 9.86. The molecule has 0 aromatic heterocycles. The average molecular weight is 482 g/mol. The second-order valence-corrected chi connectivity index (χ2v) is 10.9. The summed E-state index contributed by atoms with van der Waals surface area (Å²) in [6, 6.07) is 13.4. The number of hydrogen-bond donors (Lipinski definition) is 3. The summed E-state index contributed by atoms with van der Waals surface area (Å²) in [5.74, 6) is -0.142. The minimum absolute atomic E-state index is 0.00578. The Morgan fingerprint density at radius 3 is 2.46 bits per heavy atom. The van der Waals surface area contributed by atoms with E-state index in [4.69, 9.17) is 4.74 Å². The molecule has 2 atom stereocenters. The Kier molecular flexibility index (Phi) is 9.90. The number of β-amino-alcohol motifs (C(OH)–C–C–N with tert-alkyl or cyclic N) is 1. The number of hydrogen-bond acceptors (Lipinski definition) is 4. The molecule has 3 N–H and O–H groups in total. The third-order valence-corrected chi connectivity index (χ3v) is 7.30. The molecule has 2 aromatic rings. The molecule has 0 aliphatic heterocycles. The molecule has 5 heteroatoms. The minimum atomic E-state index is -0.918. The Hall–Kier alpha value is -2.21. The summed E-state index contributed by atoms with van der Waals surface area (Å²) < 4.78 is 6.09. The van der Waals surface area contributed by atoms with Crippen LogP contribution in [0.25, 0.3) is 11.1 Å². The predicted molar refractivity (Wildman–Crippen MR) is 142 cm³/mol. The zero-order valence-corrected chi connectivity index (χ0v) is 21.8. The highest BCUT2D eigenvalue weighted by Gasteiger charge is 2.25. The molecule has 1 unspecified atom stereocenters. The Bertz CT molecular complexity index is 963. The van der Waals surface area contributed by atoms with Crippen LogP contribution in [0.4, 0.5) is 0 Å². The zero-order chi connectivity index (χ0) is 25.4. The lowest BCUT2D eigenvalue weighted by molar-refractivity contribution is -0.00446. The maximum Gasteiger partial charge on any atom is 0.335 e. The highest BCUT2D eigenvalue weighted by Crippen LogP contribution is 2.32. The summed E-state index contributed by atoms with van der Waals surface area (Å²) in [6.45, 7) is 9.04. The van der Waals surface area contributed by atoms with Gasteiger partial charge in [0.2, 0.25) is 0 Å². The van der Waals surface area contributed by atoms with Gasteiger partial charge in [-0.25, -0.2) is 4.79 Å². The van der Waals surface area contributed by atoms with Gasteiger partial charge in [0.15, 0.2) is 0 Å². The number of carbonyl (C=O) groups is 1. The van der Waals surface area contributed by atoms with Gasteiger partial charge in [0, 0.05) is 12.1 Å². The van der Waals surface area contributed by atoms with Crippen molar-refractivity contribution >= 4 is 5.97 Å². The first-order valence-electron chi connectivity index (χ1n) is 13.1. The number of aryl methyl sites for hydroxylation is 1. The number of ether oxygens (including phenoxy) is 1. The molecule has 0 radical (unpaired) electrons. The van der Waals surface area contributed by atoms with Gasteiger partial charge in [-0.3, -0.25) is 0 Å². The van der Waals surface area contributed by atoms with E-state index in [1.54, 1.807) is 6.07 Å². The molecule has 0 saturated heterocycles. The quantitative estimate of drug-likeness (QED) is 0.318. The Balaban J connectivity index is 1.55. The van der Waals surface area contributed by atoms with Crippen molar-refractivity contribution in [1.82, 2.24) is 5.32 Å². The van der Waals surface area contributed by atoms with Crippen molar-refractivity contribution in [3.8, 4) is 11.1 Å². The summed E-state index contributed by atoms with van der Waals surface area (Å²) in [7, 11) is 0. The van der Waals surface area contributed by atoms with E-state index < -0.39 is 12.1 Å². The number of aliphatic hydroxyl groups is 1. The smallest absolute Gasteiger partial charge is 0.335 e. The maximum atomic E-state index is 11.4. The van der Waals surface area contributed by atoms with Crippen LogP contribution in [0.15, 0.2) is 42.5 Å². The number of benzene rings is 2. The van der Waals surface area contributed by atoms with E-state index in [-0.39, 0.29) is 18.2 Å². The molecule has 5 nitrogen and oxygen atoms in total. The summed E-state index contributed by atoms with van der Waals surface area (Å²) in [5.41, 5.74) is 4.02. The lowest BCUT2D eigenvalue weighted by Gasteiger charge is -2.32. The largest absolute Gasteiger partial charge is 0.478 e. The minimum Gasteiger partial charge on any atom is -0.478 e. The average Bonchev–Trinajstić information content (AvgIpc) is 3.09. The van der Waals surface area contributed by atoms with E-state index in [9.17, 15) is 15.0 Å². The fraction of sp³-hybridized carbons (Fsp3) is 0.567. The molecule has 1 aliphatic carbocycles. The predicted octanol–water partition coefficient (Wildman–Crippen LogP) is 6.53. The van der Waals surface area contributed by atoms with Crippen molar-refractivity contribution < 1.29 is 19.7 Å². The van der Waals surface area contributed by atoms with E-state index in [0.717, 1.165) is 34.6 Å². The molecule has 2 aromatic carbocycles. The van der Waals surface area contributed by atoms with Crippen LogP contribution in [0.2, 0.25) is 0 Å². The van der Waals surface area contributed by atoms with Crippen LogP contribution in [0.1, 0.15) is 93.3 Å². The van der Waals surface area contributed by atoms with Gasteiger partial charge < -0.3 is 20.3 Å². The molecule has 1 saturated carbocycles. The van der Waals surface area contributed by atoms with Gasteiger partial charge in [0.25, 0.3) is 0 Å². The fourth-order valence-electron chi connectivity index (χ4n) is 5.35. The number of aliphatic hydroxyl groups excluding tert-OH is 1. The number of aromatic carboxylic acids is 1. The SMILES string of the molecule is Cc1cc(-c2ccccc2[C@@H](C)OCC(O)CNC(C)(C)CC2CCCCCC2)ccc1C(=O)O. The van der Waals surface area contributed by atoms with E-state index >= 15 is 0 Å². The first-order chi connectivity index (χ1) is 16.7. The van der Waals surface area contributed by atoms with Crippen LogP contribution in [0.3, 0.4) is 0 Å². The fourth-order valence-corrected chi connectivity index (χ4v) is 5.35. The second-order valence-electron chi connectivity index (χ2n) is 10.9. The summed E-state index contributed by atoms with van der Waals surface area (Å²) in [6.07, 6.45) is 8.43. The van der Waals surface area contributed by atoms with Crippen LogP contribution in [-0.2, 0) is 4.74 Å². The van der Waals surface area contributed by atoms with Crippen molar-refractivity contribution in [3.63, 3.8) is 0 Å². The molecule has 3 rings (SSSR count).